The second kappa shape index (κ2) is 6.64. The smallest absolute Gasteiger partial charge is 0.269 e. The number of alkyl halides is 4. The largest absolute Gasteiger partial charge is 0.274 e. The summed E-state index contributed by atoms with van der Waals surface area (Å²) in [5.74, 6) is -3.07. The Bertz CT molecular complexity index is 1040. The average Bonchev–Trinajstić information content (AvgIpc) is 3.10. The number of benzene rings is 1. The first kappa shape index (κ1) is 22.1. The fourth-order valence-corrected chi connectivity index (χ4v) is 8.81. The molecule has 4 aliphatic rings. The third kappa shape index (κ3) is 2.39. The first-order valence-corrected chi connectivity index (χ1v) is 11.6. The average molecular weight is 545 g/mol. The van der Waals surface area contributed by atoms with Crippen molar-refractivity contribution in [3.8, 4) is 0 Å². The Morgan fingerprint density at radius 2 is 1.29 bits per heavy atom. The quantitative estimate of drug-likeness (QED) is 0.211. The lowest BCUT2D eigenvalue weighted by Gasteiger charge is -2.42. The molecule has 1 heterocycles. The van der Waals surface area contributed by atoms with E-state index in [1.165, 1.54) is 24.3 Å². The van der Waals surface area contributed by atoms with Crippen LogP contribution in [0.15, 0.2) is 34.3 Å². The highest BCUT2D eigenvalue weighted by Crippen LogP contribution is 2.79. The molecule has 2 saturated carbocycles. The number of allylic oxidation sites excluding steroid dienone is 2. The van der Waals surface area contributed by atoms with Crippen LogP contribution < -0.4 is 4.90 Å². The minimum absolute atomic E-state index is 0.0690. The van der Waals surface area contributed by atoms with E-state index in [0.717, 1.165) is 4.90 Å². The molecule has 1 aromatic rings. The van der Waals surface area contributed by atoms with Gasteiger partial charge in [0.05, 0.1) is 32.5 Å². The van der Waals surface area contributed by atoms with Crippen LogP contribution in [0.2, 0.25) is 0 Å². The van der Waals surface area contributed by atoms with Crippen LogP contribution in [0.5, 0.6) is 0 Å². The number of nitro groups is 1. The molecule has 2 bridgehead atoms. The highest BCUT2D eigenvalue weighted by molar-refractivity contribution is 6.65. The number of halogens is 6. The highest BCUT2D eigenvalue weighted by atomic mass is 35.5. The summed E-state index contributed by atoms with van der Waals surface area (Å²) in [5.41, 5.74) is 0.123. The van der Waals surface area contributed by atoms with E-state index in [2.05, 4.69) is 0 Å². The van der Waals surface area contributed by atoms with E-state index in [0.29, 0.717) is 0 Å². The van der Waals surface area contributed by atoms with E-state index in [1.54, 1.807) is 0 Å². The van der Waals surface area contributed by atoms with Gasteiger partial charge in [-0.1, -0.05) is 46.4 Å². The summed E-state index contributed by atoms with van der Waals surface area (Å²) in [5, 5.41) is 11.0. The van der Waals surface area contributed by atoms with Crippen LogP contribution in [-0.2, 0) is 9.59 Å². The first-order valence-electron chi connectivity index (χ1n) is 9.33. The normalized spacial score (nSPS) is 40.4. The van der Waals surface area contributed by atoms with E-state index in [1.807, 2.05) is 0 Å². The van der Waals surface area contributed by atoms with Gasteiger partial charge in [0.1, 0.15) is 9.75 Å². The Morgan fingerprint density at radius 3 is 1.68 bits per heavy atom. The van der Waals surface area contributed by atoms with Gasteiger partial charge in [0.15, 0.2) is 4.33 Å². The summed E-state index contributed by atoms with van der Waals surface area (Å²) in [6.07, 6.45) is 0.422. The molecule has 3 fully saturated rings. The van der Waals surface area contributed by atoms with E-state index in [-0.39, 0.29) is 34.3 Å². The SMILES string of the molecule is O=C1C2CC3C(CC2C(=O)N1c1ccc([N+](=O)[O-])cc1)C1(Cl)C(Cl)=C(Cl)C3(Cl)C1(Cl)Cl. The maximum Gasteiger partial charge on any atom is 0.269 e. The minimum Gasteiger partial charge on any atom is -0.274 e. The molecule has 6 nitrogen and oxygen atoms in total. The molecule has 164 valence electrons. The molecular formula is C19H12Cl6N2O4. The van der Waals surface area contributed by atoms with Gasteiger partial charge < -0.3 is 0 Å². The Labute approximate surface area is 206 Å². The van der Waals surface area contributed by atoms with Crippen LogP contribution in [0.1, 0.15) is 12.8 Å². The van der Waals surface area contributed by atoms with Crippen molar-refractivity contribution < 1.29 is 14.5 Å². The number of non-ortho nitro benzene ring substituents is 1. The van der Waals surface area contributed by atoms with Crippen molar-refractivity contribution >= 4 is 92.8 Å². The van der Waals surface area contributed by atoms with Crippen LogP contribution in [0, 0.1) is 33.8 Å². The van der Waals surface area contributed by atoms with Crippen LogP contribution in [-0.4, -0.2) is 30.8 Å². The molecule has 1 aliphatic heterocycles. The number of hydrogen-bond acceptors (Lipinski definition) is 4. The number of nitro benzene ring substituents is 1. The summed E-state index contributed by atoms with van der Waals surface area (Å²) in [7, 11) is 0. The fraction of sp³-hybridized carbons (Fsp3) is 0.474. The number of amides is 2. The predicted octanol–water partition coefficient (Wildman–Crippen LogP) is 5.57. The second-order valence-corrected chi connectivity index (χ2v) is 11.6. The van der Waals surface area contributed by atoms with E-state index in [4.69, 9.17) is 69.6 Å². The third-order valence-electron chi connectivity index (χ3n) is 7.15. The maximum absolute atomic E-state index is 13.2. The van der Waals surface area contributed by atoms with Gasteiger partial charge in [-0.05, 0) is 36.8 Å². The molecule has 3 aliphatic carbocycles. The molecule has 6 unspecified atom stereocenters. The number of anilines is 1. The molecule has 0 aromatic heterocycles. The first-order chi connectivity index (χ1) is 14.4. The molecule has 2 amide bonds. The molecule has 12 heteroatoms. The van der Waals surface area contributed by atoms with Gasteiger partial charge in [0.25, 0.3) is 5.69 Å². The number of nitrogens with zero attached hydrogens (tertiary/aromatic N) is 2. The van der Waals surface area contributed by atoms with Gasteiger partial charge in [-0.25, -0.2) is 0 Å². The van der Waals surface area contributed by atoms with Gasteiger partial charge in [-0.3, -0.25) is 24.6 Å². The van der Waals surface area contributed by atoms with Gasteiger partial charge in [0.2, 0.25) is 11.8 Å². The Hall–Kier alpha value is -0.760. The summed E-state index contributed by atoms with van der Waals surface area (Å²) in [6, 6.07) is 5.24. The predicted molar refractivity (Wildman–Crippen MR) is 119 cm³/mol. The van der Waals surface area contributed by atoms with Gasteiger partial charge in [-0.2, -0.15) is 0 Å². The summed E-state index contributed by atoms with van der Waals surface area (Å²) >= 11 is 39.8. The van der Waals surface area contributed by atoms with Crippen LogP contribution in [0.25, 0.3) is 0 Å². The van der Waals surface area contributed by atoms with Crippen LogP contribution in [0.4, 0.5) is 11.4 Å². The van der Waals surface area contributed by atoms with Gasteiger partial charge in [0, 0.05) is 12.1 Å². The monoisotopic (exact) mass is 542 g/mol. The third-order valence-corrected chi connectivity index (χ3v) is 11.5. The molecule has 0 spiro atoms. The lowest BCUT2D eigenvalue weighted by atomic mass is 9.65. The van der Waals surface area contributed by atoms with Crippen LogP contribution in [0.3, 0.4) is 0 Å². The molecule has 5 rings (SSSR count). The molecule has 1 saturated heterocycles. The minimum atomic E-state index is -1.71. The molecule has 1 aromatic carbocycles. The van der Waals surface area contributed by atoms with Crippen molar-refractivity contribution in [3.63, 3.8) is 0 Å². The molecule has 6 atom stereocenters. The molecule has 31 heavy (non-hydrogen) atoms. The number of carbonyl (C=O) groups excluding carboxylic acids is 2. The van der Waals surface area contributed by atoms with Crippen molar-refractivity contribution in [1.82, 2.24) is 0 Å². The maximum atomic E-state index is 13.2. The van der Waals surface area contributed by atoms with Gasteiger partial charge in [-0.15, -0.1) is 23.2 Å². The number of fused-ring (bicyclic) bond motifs is 6. The topological polar surface area (TPSA) is 80.5 Å². The van der Waals surface area contributed by atoms with E-state index >= 15 is 0 Å². The van der Waals surface area contributed by atoms with Crippen LogP contribution >= 0.6 is 69.6 Å². The number of hydrogen-bond donors (Lipinski definition) is 0. The number of carbonyl (C=O) groups is 2. The molecule has 0 radical (unpaired) electrons. The zero-order valence-electron chi connectivity index (χ0n) is 15.3. The molecule has 0 N–H and O–H groups in total. The fourth-order valence-electron chi connectivity index (χ4n) is 5.70. The molecular weight excluding hydrogens is 533 g/mol. The Kier molecular flexibility index (Phi) is 4.73. The lowest BCUT2D eigenvalue weighted by molar-refractivity contribution is -0.384. The lowest BCUT2D eigenvalue weighted by Crippen LogP contribution is -2.44. The highest BCUT2D eigenvalue weighted by Gasteiger charge is 2.83. The standard InChI is InChI=1S/C19H12Cl6N2O4/c20-13-14(21)18(23)12-6-10-9(5-11(12)17(13,22)19(18,24)25)15(28)26(16(10)29)7-1-3-8(4-2-7)27(30)31/h1-4,9-12H,5-6H2. The van der Waals surface area contributed by atoms with Crippen molar-refractivity contribution in [2.75, 3.05) is 4.90 Å². The summed E-state index contributed by atoms with van der Waals surface area (Å²) in [4.78, 5) is 34.9. The Balaban J connectivity index is 1.52. The van der Waals surface area contributed by atoms with Gasteiger partial charge >= 0.3 is 0 Å². The van der Waals surface area contributed by atoms with Crippen molar-refractivity contribution in [1.29, 1.82) is 0 Å². The number of rotatable bonds is 2. The zero-order valence-corrected chi connectivity index (χ0v) is 19.9. The van der Waals surface area contributed by atoms with Crippen molar-refractivity contribution in [2.24, 2.45) is 23.7 Å². The van der Waals surface area contributed by atoms with E-state index < -0.39 is 54.5 Å². The van der Waals surface area contributed by atoms with Crippen molar-refractivity contribution in [2.45, 2.75) is 26.9 Å². The summed E-state index contributed by atoms with van der Waals surface area (Å²) in [6.45, 7) is 0. The Morgan fingerprint density at radius 1 is 0.871 bits per heavy atom. The summed E-state index contributed by atoms with van der Waals surface area (Å²) < 4.78 is -1.71. The zero-order chi connectivity index (χ0) is 22.7. The number of imide groups is 1. The van der Waals surface area contributed by atoms with E-state index in [9.17, 15) is 19.7 Å². The van der Waals surface area contributed by atoms with Crippen molar-refractivity contribution in [3.05, 3.63) is 44.4 Å². The second-order valence-electron chi connectivity index (χ2n) is 8.31.